The minimum atomic E-state index is 0.848. The lowest BCUT2D eigenvalue weighted by molar-refractivity contribution is 1.15. The van der Waals surface area contributed by atoms with Gasteiger partial charge in [0.25, 0.3) is 0 Å². The molecule has 1 aromatic heterocycles. The van der Waals surface area contributed by atoms with Gasteiger partial charge in [-0.15, -0.1) is 11.3 Å². The average Bonchev–Trinajstić information content (AvgIpc) is 2.52. The minimum absolute atomic E-state index is 0.848. The van der Waals surface area contributed by atoms with Crippen molar-refractivity contribution < 1.29 is 0 Å². The third kappa shape index (κ3) is 1.30. The summed E-state index contributed by atoms with van der Waals surface area (Å²) in [4.78, 5) is 1.12. The second-order valence-corrected chi connectivity index (χ2v) is 4.59. The molecule has 14 heavy (non-hydrogen) atoms. The number of aryl methyl sites for hydroxylation is 2. The first-order valence-corrected chi connectivity index (χ1v) is 5.50. The lowest BCUT2D eigenvalue weighted by Gasteiger charge is -1.96. The molecule has 0 unspecified atom stereocenters. The molecule has 2 aromatic rings. The molecule has 0 fully saturated rings. The van der Waals surface area contributed by atoms with E-state index in [2.05, 4.69) is 31.2 Å². The predicted octanol–water partition coefficient (Wildman–Crippen LogP) is 3.64. The quantitative estimate of drug-likeness (QED) is 0.691. The second kappa shape index (κ2) is 3.43. The van der Waals surface area contributed by atoms with Crippen LogP contribution < -0.4 is 0 Å². The zero-order valence-electron chi connectivity index (χ0n) is 8.29. The Kier molecular flexibility index (Phi) is 2.26. The van der Waals surface area contributed by atoms with E-state index in [4.69, 9.17) is 5.26 Å². The standard InChI is InChI=1S/C12H11NS/c1-3-9-4-5-12-10(6-9)11(7-13)8(2)14-12/h4-6H,3H2,1-2H3. The van der Waals surface area contributed by atoms with Crippen LogP contribution in [-0.4, -0.2) is 0 Å². The number of benzene rings is 1. The van der Waals surface area contributed by atoms with Gasteiger partial charge in [0.2, 0.25) is 0 Å². The van der Waals surface area contributed by atoms with Crippen LogP contribution in [0, 0.1) is 18.3 Å². The summed E-state index contributed by atoms with van der Waals surface area (Å²) < 4.78 is 1.22. The van der Waals surface area contributed by atoms with Gasteiger partial charge in [0.15, 0.2) is 0 Å². The summed E-state index contributed by atoms with van der Waals surface area (Å²) >= 11 is 1.70. The third-order valence-corrected chi connectivity index (χ3v) is 3.53. The van der Waals surface area contributed by atoms with E-state index in [-0.39, 0.29) is 0 Å². The van der Waals surface area contributed by atoms with Gasteiger partial charge in [-0.25, -0.2) is 0 Å². The largest absolute Gasteiger partial charge is 0.192 e. The molecule has 2 rings (SSSR count). The highest BCUT2D eigenvalue weighted by atomic mass is 32.1. The lowest BCUT2D eigenvalue weighted by Crippen LogP contribution is -1.79. The van der Waals surface area contributed by atoms with Crippen LogP contribution in [0.2, 0.25) is 0 Å². The molecule has 0 aliphatic rings. The van der Waals surface area contributed by atoms with Gasteiger partial charge in [-0.1, -0.05) is 13.0 Å². The molecule has 0 N–H and O–H groups in total. The van der Waals surface area contributed by atoms with E-state index in [0.717, 1.165) is 22.2 Å². The molecule has 0 amide bonds. The van der Waals surface area contributed by atoms with Crippen molar-refractivity contribution in [2.24, 2.45) is 0 Å². The van der Waals surface area contributed by atoms with Crippen LogP contribution in [0.25, 0.3) is 10.1 Å². The van der Waals surface area contributed by atoms with Gasteiger partial charge in [0, 0.05) is 15.0 Å². The molecule has 0 radical (unpaired) electrons. The Morgan fingerprint density at radius 3 is 2.86 bits per heavy atom. The molecule has 0 saturated carbocycles. The maximum atomic E-state index is 9.03. The number of nitrogens with zero attached hydrogens (tertiary/aromatic N) is 1. The molecule has 0 atom stereocenters. The van der Waals surface area contributed by atoms with E-state index >= 15 is 0 Å². The topological polar surface area (TPSA) is 23.8 Å². The number of rotatable bonds is 1. The first-order valence-electron chi connectivity index (χ1n) is 4.68. The molecule has 70 valence electrons. The normalized spacial score (nSPS) is 10.4. The Hall–Kier alpha value is -1.33. The molecular weight excluding hydrogens is 190 g/mol. The highest BCUT2D eigenvalue weighted by Crippen LogP contribution is 2.30. The zero-order chi connectivity index (χ0) is 10.1. The summed E-state index contributed by atoms with van der Waals surface area (Å²) in [6.07, 6.45) is 1.02. The third-order valence-electron chi connectivity index (χ3n) is 2.45. The molecule has 0 bridgehead atoms. The first kappa shape index (κ1) is 9.23. The number of hydrogen-bond acceptors (Lipinski definition) is 2. The van der Waals surface area contributed by atoms with Gasteiger partial charge in [-0.2, -0.15) is 5.26 Å². The predicted molar refractivity (Wildman–Crippen MR) is 60.7 cm³/mol. The van der Waals surface area contributed by atoms with Gasteiger partial charge < -0.3 is 0 Å². The molecule has 0 aliphatic carbocycles. The number of hydrogen-bond donors (Lipinski definition) is 0. The SMILES string of the molecule is CCc1ccc2sc(C)c(C#N)c2c1. The van der Waals surface area contributed by atoms with Crippen molar-refractivity contribution in [2.75, 3.05) is 0 Å². The number of fused-ring (bicyclic) bond motifs is 1. The second-order valence-electron chi connectivity index (χ2n) is 3.33. The van der Waals surface area contributed by atoms with Crippen molar-refractivity contribution in [1.82, 2.24) is 0 Å². The van der Waals surface area contributed by atoms with E-state index in [1.807, 2.05) is 6.92 Å². The summed E-state index contributed by atoms with van der Waals surface area (Å²) in [7, 11) is 0. The minimum Gasteiger partial charge on any atom is -0.192 e. The summed E-state index contributed by atoms with van der Waals surface area (Å²) in [5, 5.41) is 10.1. The molecule has 2 heteroatoms. The molecule has 1 aromatic carbocycles. The maximum absolute atomic E-state index is 9.03. The number of thiophene rings is 1. The Morgan fingerprint density at radius 2 is 2.21 bits per heavy atom. The van der Waals surface area contributed by atoms with Crippen LogP contribution in [-0.2, 0) is 6.42 Å². The van der Waals surface area contributed by atoms with Gasteiger partial charge in [0.05, 0.1) is 5.56 Å². The van der Waals surface area contributed by atoms with Crippen molar-refractivity contribution in [1.29, 1.82) is 5.26 Å². The molecule has 0 aliphatic heterocycles. The van der Waals surface area contributed by atoms with Gasteiger partial charge in [0.1, 0.15) is 6.07 Å². The van der Waals surface area contributed by atoms with Crippen LogP contribution in [0.5, 0.6) is 0 Å². The van der Waals surface area contributed by atoms with Crippen molar-refractivity contribution in [2.45, 2.75) is 20.3 Å². The highest BCUT2D eigenvalue weighted by Gasteiger charge is 2.08. The van der Waals surface area contributed by atoms with E-state index in [9.17, 15) is 0 Å². The van der Waals surface area contributed by atoms with Crippen molar-refractivity contribution in [3.05, 3.63) is 34.2 Å². The van der Waals surface area contributed by atoms with Crippen molar-refractivity contribution >= 4 is 21.4 Å². The van der Waals surface area contributed by atoms with Crippen LogP contribution in [0.1, 0.15) is 22.9 Å². The van der Waals surface area contributed by atoms with Crippen molar-refractivity contribution in [3.63, 3.8) is 0 Å². The summed E-state index contributed by atoms with van der Waals surface area (Å²) in [6.45, 7) is 4.14. The molecular formula is C12H11NS. The van der Waals surface area contributed by atoms with E-state index in [0.29, 0.717) is 0 Å². The lowest BCUT2D eigenvalue weighted by atomic mass is 10.1. The van der Waals surface area contributed by atoms with Crippen LogP contribution in [0.15, 0.2) is 18.2 Å². The van der Waals surface area contributed by atoms with E-state index in [1.54, 1.807) is 11.3 Å². The van der Waals surface area contributed by atoms with Crippen LogP contribution >= 0.6 is 11.3 Å². The molecule has 1 heterocycles. The monoisotopic (exact) mass is 201 g/mol. The molecule has 0 saturated heterocycles. The maximum Gasteiger partial charge on any atom is 0.101 e. The molecule has 1 nitrogen and oxygen atoms in total. The van der Waals surface area contributed by atoms with Gasteiger partial charge in [-0.3, -0.25) is 0 Å². The fourth-order valence-corrected chi connectivity index (χ4v) is 2.62. The van der Waals surface area contributed by atoms with Gasteiger partial charge in [-0.05, 0) is 31.0 Å². The van der Waals surface area contributed by atoms with Crippen LogP contribution in [0.3, 0.4) is 0 Å². The van der Waals surface area contributed by atoms with E-state index in [1.165, 1.54) is 10.3 Å². The first-order chi connectivity index (χ1) is 6.76. The summed E-state index contributed by atoms with van der Waals surface area (Å²) in [6, 6.07) is 8.67. The Bertz CT molecular complexity index is 517. The fourth-order valence-electron chi connectivity index (χ4n) is 1.63. The molecule has 0 spiro atoms. The zero-order valence-corrected chi connectivity index (χ0v) is 9.11. The smallest absolute Gasteiger partial charge is 0.101 e. The summed E-state index contributed by atoms with van der Waals surface area (Å²) in [5.41, 5.74) is 2.15. The Morgan fingerprint density at radius 1 is 1.43 bits per heavy atom. The van der Waals surface area contributed by atoms with Crippen molar-refractivity contribution in [3.8, 4) is 6.07 Å². The highest BCUT2D eigenvalue weighted by molar-refractivity contribution is 7.19. The fraction of sp³-hybridized carbons (Fsp3) is 0.250. The average molecular weight is 201 g/mol. The van der Waals surface area contributed by atoms with Crippen LogP contribution in [0.4, 0.5) is 0 Å². The summed E-state index contributed by atoms with van der Waals surface area (Å²) in [5.74, 6) is 0. The number of nitriles is 1. The Balaban J connectivity index is 2.79. The Labute approximate surface area is 87.6 Å². The van der Waals surface area contributed by atoms with Gasteiger partial charge >= 0.3 is 0 Å². The van der Waals surface area contributed by atoms with E-state index < -0.39 is 0 Å².